The van der Waals surface area contributed by atoms with Gasteiger partial charge in [-0.25, -0.2) is 13.2 Å². The molecule has 16 heavy (non-hydrogen) atoms. The SMILES string of the molecule is CNC(=O)C(=O)Nc1ccc(F)c(F)c1F. The molecule has 2 N–H and O–H groups in total. The smallest absolute Gasteiger partial charge is 0.313 e. The van der Waals surface area contributed by atoms with E-state index in [4.69, 9.17) is 0 Å². The highest BCUT2D eigenvalue weighted by molar-refractivity contribution is 6.39. The number of likely N-dealkylation sites (N-methyl/N-ethyl adjacent to an activating group) is 1. The molecule has 0 aliphatic carbocycles. The zero-order valence-electron chi connectivity index (χ0n) is 8.11. The summed E-state index contributed by atoms with van der Waals surface area (Å²) in [6, 6.07) is 1.45. The number of benzene rings is 1. The topological polar surface area (TPSA) is 58.2 Å². The van der Waals surface area contributed by atoms with Gasteiger partial charge in [0.1, 0.15) is 0 Å². The van der Waals surface area contributed by atoms with Crippen LogP contribution < -0.4 is 10.6 Å². The summed E-state index contributed by atoms with van der Waals surface area (Å²) in [6.45, 7) is 0. The maximum Gasteiger partial charge on any atom is 0.313 e. The molecule has 0 spiro atoms. The molecular weight excluding hydrogens is 225 g/mol. The fraction of sp³-hybridized carbons (Fsp3) is 0.111. The molecule has 1 rings (SSSR count). The van der Waals surface area contributed by atoms with Crippen molar-refractivity contribution in [1.82, 2.24) is 5.32 Å². The Bertz CT molecular complexity index is 449. The molecule has 0 fully saturated rings. The number of rotatable bonds is 1. The molecular formula is C9H7F3N2O2. The van der Waals surface area contributed by atoms with E-state index in [0.717, 1.165) is 6.07 Å². The zero-order chi connectivity index (χ0) is 12.3. The highest BCUT2D eigenvalue weighted by Gasteiger charge is 2.17. The van der Waals surface area contributed by atoms with Crippen molar-refractivity contribution in [2.75, 3.05) is 12.4 Å². The van der Waals surface area contributed by atoms with Gasteiger partial charge in [0.05, 0.1) is 5.69 Å². The first-order chi connectivity index (χ1) is 7.47. The number of anilines is 1. The molecule has 0 aromatic heterocycles. The second-order valence-corrected chi connectivity index (χ2v) is 2.76. The van der Waals surface area contributed by atoms with Crippen LogP contribution in [0, 0.1) is 17.5 Å². The lowest BCUT2D eigenvalue weighted by Gasteiger charge is -2.05. The van der Waals surface area contributed by atoms with E-state index in [1.165, 1.54) is 7.05 Å². The van der Waals surface area contributed by atoms with E-state index in [0.29, 0.717) is 6.07 Å². The number of nitrogens with one attached hydrogen (secondary N) is 2. The molecule has 1 aromatic carbocycles. The maximum absolute atomic E-state index is 13.0. The molecule has 0 atom stereocenters. The number of carbonyl (C=O) groups excluding carboxylic acids is 2. The van der Waals surface area contributed by atoms with Gasteiger partial charge in [-0.3, -0.25) is 9.59 Å². The van der Waals surface area contributed by atoms with Crippen molar-refractivity contribution in [3.63, 3.8) is 0 Å². The van der Waals surface area contributed by atoms with Gasteiger partial charge < -0.3 is 10.6 Å². The molecule has 0 unspecified atom stereocenters. The molecule has 0 saturated heterocycles. The minimum absolute atomic E-state index is 0.604. The Morgan fingerprint density at radius 2 is 1.69 bits per heavy atom. The van der Waals surface area contributed by atoms with Gasteiger partial charge in [-0.15, -0.1) is 0 Å². The molecule has 2 amide bonds. The summed E-state index contributed by atoms with van der Waals surface area (Å²) in [4.78, 5) is 21.8. The van der Waals surface area contributed by atoms with Crippen LogP contribution in [0.4, 0.5) is 18.9 Å². The predicted octanol–water partition coefficient (Wildman–Crippen LogP) is 0.788. The molecule has 0 aliphatic rings. The van der Waals surface area contributed by atoms with Crippen LogP contribution in [0.1, 0.15) is 0 Å². The van der Waals surface area contributed by atoms with Gasteiger partial charge >= 0.3 is 11.8 Å². The predicted molar refractivity (Wildman–Crippen MR) is 49.0 cm³/mol. The maximum atomic E-state index is 13.0. The minimum atomic E-state index is -1.71. The van der Waals surface area contributed by atoms with Crippen molar-refractivity contribution in [2.45, 2.75) is 0 Å². The Labute approximate surface area is 88.4 Å². The highest BCUT2D eigenvalue weighted by atomic mass is 19.2. The third kappa shape index (κ3) is 2.30. The van der Waals surface area contributed by atoms with Gasteiger partial charge in [0.15, 0.2) is 17.5 Å². The summed E-state index contributed by atoms with van der Waals surface area (Å²) in [6.07, 6.45) is 0. The largest absolute Gasteiger partial charge is 0.351 e. The Morgan fingerprint density at radius 3 is 2.25 bits per heavy atom. The van der Waals surface area contributed by atoms with Crippen LogP contribution in [-0.2, 0) is 9.59 Å². The normalized spacial score (nSPS) is 9.75. The Hall–Kier alpha value is -2.05. The second kappa shape index (κ2) is 4.65. The molecule has 0 saturated carbocycles. The molecule has 0 heterocycles. The monoisotopic (exact) mass is 232 g/mol. The van der Waals surface area contributed by atoms with Crippen LogP contribution in [0.25, 0.3) is 0 Å². The Kier molecular flexibility index (Phi) is 3.49. The molecule has 1 aromatic rings. The summed E-state index contributed by atoms with van der Waals surface area (Å²) < 4.78 is 38.3. The molecule has 4 nitrogen and oxygen atoms in total. The first kappa shape index (κ1) is 12.0. The molecule has 0 aliphatic heterocycles. The zero-order valence-corrected chi connectivity index (χ0v) is 8.11. The summed E-state index contributed by atoms with van der Waals surface area (Å²) in [5.74, 6) is -6.85. The van der Waals surface area contributed by atoms with E-state index < -0.39 is 35.0 Å². The van der Waals surface area contributed by atoms with E-state index in [9.17, 15) is 22.8 Å². The van der Waals surface area contributed by atoms with Crippen molar-refractivity contribution < 1.29 is 22.8 Å². The van der Waals surface area contributed by atoms with E-state index in [-0.39, 0.29) is 0 Å². The first-order valence-electron chi connectivity index (χ1n) is 4.14. The lowest BCUT2D eigenvalue weighted by molar-refractivity contribution is -0.135. The van der Waals surface area contributed by atoms with Crippen LogP contribution in [0.15, 0.2) is 12.1 Å². The lowest BCUT2D eigenvalue weighted by Crippen LogP contribution is -2.33. The Balaban J connectivity index is 2.95. The van der Waals surface area contributed by atoms with Crippen molar-refractivity contribution in [3.8, 4) is 0 Å². The van der Waals surface area contributed by atoms with Gasteiger partial charge in [-0.2, -0.15) is 0 Å². The summed E-state index contributed by atoms with van der Waals surface area (Å²) in [5.41, 5.74) is -0.604. The van der Waals surface area contributed by atoms with Gasteiger partial charge in [-0.1, -0.05) is 0 Å². The average Bonchev–Trinajstić information content (AvgIpc) is 2.28. The summed E-state index contributed by atoms with van der Waals surface area (Å²) in [7, 11) is 1.20. The third-order valence-electron chi connectivity index (χ3n) is 1.72. The van der Waals surface area contributed by atoms with Crippen LogP contribution in [-0.4, -0.2) is 18.9 Å². The van der Waals surface area contributed by atoms with Crippen molar-refractivity contribution in [3.05, 3.63) is 29.6 Å². The van der Waals surface area contributed by atoms with Crippen LogP contribution in [0.3, 0.4) is 0 Å². The Morgan fingerprint density at radius 1 is 1.06 bits per heavy atom. The quantitative estimate of drug-likeness (QED) is 0.555. The number of hydrogen-bond donors (Lipinski definition) is 2. The first-order valence-corrected chi connectivity index (χ1v) is 4.14. The van der Waals surface area contributed by atoms with E-state index in [1.807, 2.05) is 5.32 Å². The molecule has 0 bridgehead atoms. The van der Waals surface area contributed by atoms with E-state index in [2.05, 4.69) is 0 Å². The number of halogens is 3. The summed E-state index contributed by atoms with van der Waals surface area (Å²) >= 11 is 0. The summed E-state index contributed by atoms with van der Waals surface area (Å²) in [5, 5.41) is 3.79. The third-order valence-corrected chi connectivity index (χ3v) is 1.72. The number of carbonyl (C=O) groups is 2. The molecule has 7 heteroatoms. The average molecular weight is 232 g/mol. The number of amides is 2. The van der Waals surface area contributed by atoms with Gasteiger partial charge in [0, 0.05) is 7.05 Å². The van der Waals surface area contributed by atoms with Gasteiger partial charge in [-0.05, 0) is 12.1 Å². The molecule has 0 radical (unpaired) electrons. The van der Waals surface area contributed by atoms with Crippen LogP contribution in [0.2, 0.25) is 0 Å². The van der Waals surface area contributed by atoms with Crippen LogP contribution >= 0.6 is 0 Å². The van der Waals surface area contributed by atoms with Crippen molar-refractivity contribution >= 4 is 17.5 Å². The fourth-order valence-corrected chi connectivity index (χ4v) is 0.915. The van der Waals surface area contributed by atoms with Crippen molar-refractivity contribution in [2.24, 2.45) is 0 Å². The lowest BCUT2D eigenvalue weighted by atomic mass is 10.2. The molecule has 86 valence electrons. The van der Waals surface area contributed by atoms with Gasteiger partial charge in [0.25, 0.3) is 0 Å². The highest BCUT2D eigenvalue weighted by Crippen LogP contribution is 2.19. The van der Waals surface area contributed by atoms with E-state index in [1.54, 1.807) is 5.32 Å². The van der Waals surface area contributed by atoms with Gasteiger partial charge in [0.2, 0.25) is 0 Å². The van der Waals surface area contributed by atoms with Crippen LogP contribution in [0.5, 0.6) is 0 Å². The van der Waals surface area contributed by atoms with Crippen molar-refractivity contribution in [1.29, 1.82) is 0 Å². The standard InChI is InChI=1S/C9H7F3N2O2/c1-13-8(15)9(16)14-5-3-2-4(10)6(11)7(5)12/h2-3H,1H3,(H,13,15)(H,14,16). The van der Waals surface area contributed by atoms with E-state index >= 15 is 0 Å². The minimum Gasteiger partial charge on any atom is -0.351 e. The fourth-order valence-electron chi connectivity index (χ4n) is 0.915. The number of hydrogen-bond acceptors (Lipinski definition) is 2. The second-order valence-electron chi connectivity index (χ2n) is 2.76.